The molecule has 1 spiro atoms. The number of hydrogen-bond donors (Lipinski definition) is 1. The first-order valence-corrected chi connectivity index (χ1v) is 6.99. The van der Waals surface area contributed by atoms with E-state index in [2.05, 4.69) is 31.0 Å². The third-order valence-electron chi connectivity index (χ3n) is 4.85. The second-order valence-corrected chi connectivity index (χ2v) is 6.46. The predicted molar refractivity (Wildman–Crippen MR) is 69.8 cm³/mol. The van der Waals surface area contributed by atoms with Crippen LogP contribution in [0.3, 0.4) is 0 Å². The Morgan fingerprint density at radius 3 is 2.53 bits per heavy atom. The summed E-state index contributed by atoms with van der Waals surface area (Å²) in [5, 5.41) is 3.42. The van der Waals surface area contributed by atoms with Gasteiger partial charge in [-0.2, -0.15) is 0 Å². The second-order valence-electron chi connectivity index (χ2n) is 6.46. The Kier molecular flexibility index (Phi) is 3.48. The molecule has 0 aromatic carbocycles. The van der Waals surface area contributed by atoms with Crippen molar-refractivity contribution < 1.29 is 4.79 Å². The molecule has 0 atom stereocenters. The molecule has 0 aliphatic carbocycles. The topological polar surface area (TPSA) is 32.3 Å². The van der Waals surface area contributed by atoms with Crippen LogP contribution in [0.25, 0.3) is 0 Å². The van der Waals surface area contributed by atoms with Gasteiger partial charge in [-0.05, 0) is 44.2 Å². The summed E-state index contributed by atoms with van der Waals surface area (Å²) < 4.78 is 0. The number of carbonyl (C=O) groups excluding carboxylic acids is 1. The van der Waals surface area contributed by atoms with E-state index in [-0.39, 0.29) is 5.41 Å². The summed E-state index contributed by atoms with van der Waals surface area (Å²) >= 11 is 0. The van der Waals surface area contributed by atoms with E-state index in [1.807, 2.05) is 0 Å². The Morgan fingerprint density at radius 1 is 1.29 bits per heavy atom. The van der Waals surface area contributed by atoms with Crippen LogP contribution in [0.4, 0.5) is 0 Å². The molecule has 98 valence electrons. The van der Waals surface area contributed by atoms with Crippen molar-refractivity contribution in [3.05, 3.63) is 0 Å². The molecule has 2 heterocycles. The van der Waals surface area contributed by atoms with Crippen molar-refractivity contribution in [2.24, 2.45) is 10.8 Å². The smallest absolute Gasteiger partial charge is 0.228 e. The monoisotopic (exact) mass is 238 g/mol. The molecule has 3 nitrogen and oxygen atoms in total. The van der Waals surface area contributed by atoms with Crippen LogP contribution < -0.4 is 5.32 Å². The highest BCUT2D eigenvalue weighted by Gasteiger charge is 2.43. The fourth-order valence-electron chi connectivity index (χ4n) is 3.05. The SMILES string of the molecule is CCC(C)(C)C(=O)N1CCC2(CCNCC2)C1. The minimum atomic E-state index is -0.182. The number of nitrogens with zero attached hydrogens (tertiary/aromatic N) is 1. The normalized spacial score (nSPS) is 24.3. The van der Waals surface area contributed by atoms with E-state index in [0.717, 1.165) is 32.6 Å². The van der Waals surface area contributed by atoms with Crippen molar-refractivity contribution >= 4 is 5.91 Å². The Balaban J connectivity index is 2.00. The summed E-state index contributed by atoms with van der Waals surface area (Å²) in [4.78, 5) is 14.6. The summed E-state index contributed by atoms with van der Waals surface area (Å²) in [5.41, 5.74) is 0.253. The quantitative estimate of drug-likeness (QED) is 0.798. The molecule has 0 saturated carbocycles. The summed E-state index contributed by atoms with van der Waals surface area (Å²) in [5.74, 6) is 0.357. The van der Waals surface area contributed by atoms with Gasteiger partial charge in [-0.3, -0.25) is 4.79 Å². The van der Waals surface area contributed by atoms with Crippen molar-refractivity contribution in [2.45, 2.75) is 46.5 Å². The first kappa shape index (κ1) is 12.9. The van der Waals surface area contributed by atoms with Gasteiger partial charge >= 0.3 is 0 Å². The average Bonchev–Trinajstić information content (AvgIpc) is 2.73. The lowest BCUT2D eigenvalue weighted by atomic mass is 9.78. The van der Waals surface area contributed by atoms with Crippen LogP contribution in [-0.2, 0) is 4.79 Å². The number of carbonyl (C=O) groups is 1. The van der Waals surface area contributed by atoms with Crippen LogP contribution in [0.15, 0.2) is 0 Å². The van der Waals surface area contributed by atoms with Gasteiger partial charge in [0.05, 0.1) is 0 Å². The minimum Gasteiger partial charge on any atom is -0.342 e. The highest BCUT2D eigenvalue weighted by molar-refractivity contribution is 5.82. The minimum absolute atomic E-state index is 0.182. The molecule has 2 aliphatic heterocycles. The van der Waals surface area contributed by atoms with Crippen LogP contribution >= 0.6 is 0 Å². The van der Waals surface area contributed by atoms with Crippen molar-refractivity contribution in [3.8, 4) is 0 Å². The van der Waals surface area contributed by atoms with Crippen molar-refractivity contribution in [3.63, 3.8) is 0 Å². The Hall–Kier alpha value is -0.570. The van der Waals surface area contributed by atoms with Gasteiger partial charge in [0.25, 0.3) is 0 Å². The third kappa shape index (κ3) is 2.49. The molecule has 0 aromatic rings. The Labute approximate surface area is 105 Å². The van der Waals surface area contributed by atoms with Gasteiger partial charge in [0.2, 0.25) is 5.91 Å². The van der Waals surface area contributed by atoms with E-state index in [1.54, 1.807) is 0 Å². The molecule has 0 aromatic heterocycles. The van der Waals surface area contributed by atoms with Gasteiger partial charge in [0.1, 0.15) is 0 Å². The van der Waals surface area contributed by atoms with Crippen LogP contribution in [0, 0.1) is 10.8 Å². The zero-order valence-corrected chi connectivity index (χ0v) is 11.5. The first-order valence-electron chi connectivity index (χ1n) is 6.99. The fourth-order valence-corrected chi connectivity index (χ4v) is 3.05. The first-order chi connectivity index (χ1) is 7.99. The average molecular weight is 238 g/mol. The number of hydrogen-bond acceptors (Lipinski definition) is 2. The fraction of sp³-hybridized carbons (Fsp3) is 0.929. The summed E-state index contributed by atoms with van der Waals surface area (Å²) in [7, 11) is 0. The lowest BCUT2D eigenvalue weighted by Crippen LogP contribution is -2.43. The Morgan fingerprint density at radius 2 is 1.94 bits per heavy atom. The van der Waals surface area contributed by atoms with Gasteiger partial charge in [-0.25, -0.2) is 0 Å². The summed E-state index contributed by atoms with van der Waals surface area (Å²) in [6.07, 6.45) is 4.61. The van der Waals surface area contributed by atoms with E-state index in [9.17, 15) is 4.79 Å². The summed E-state index contributed by atoms with van der Waals surface area (Å²) in [6, 6.07) is 0. The van der Waals surface area contributed by atoms with Gasteiger partial charge < -0.3 is 10.2 Å². The molecule has 3 heteroatoms. The number of amides is 1. The zero-order chi connectivity index (χ0) is 12.5. The predicted octanol–water partition coefficient (Wildman–Crippen LogP) is 2.02. The molecule has 0 bridgehead atoms. The highest BCUT2D eigenvalue weighted by atomic mass is 16.2. The molecule has 2 saturated heterocycles. The molecule has 2 aliphatic rings. The second kappa shape index (κ2) is 4.60. The van der Waals surface area contributed by atoms with Crippen molar-refractivity contribution in [1.82, 2.24) is 10.2 Å². The molecule has 0 radical (unpaired) electrons. The molecule has 2 fully saturated rings. The molecule has 1 amide bonds. The van der Waals surface area contributed by atoms with Crippen molar-refractivity contribution in [2.75, 3.05) is 26.2 Å². The van der Waals surface area contributed by atoms with Crippen molar-refractivity contribution in [1.29, 1.82) is 0 Å². The maximum absolute atomic E-state index is 12.4. The molecular formula is C14H26N2O. The molecule has 17 heavy (non-hydrogen) atoms. The molecule has 2 rings (SSSR count). The molecular weight excluding hydrogens is 212 g/mol. The van der Waals surface area contributed by atoms with Crippen LogP contribution in [0.1, 0.15) is 46.5 Å². The van der Waals surface area contributed by atoms with Gasteiger partial charge in [-0.1, -0.05) is 20.8 Å². The highest BCUT2D eigenvalue weighted by Crippen LogP contribution is 2.40. The van der Waals surface area contributed by atoms with E-state index in [1.165, 1.54) is 19.3 Å². The van der Waals surface area contributed by atoms with Gasteiger partial charge in [-0.15, -0.1) is 0 Å². The standard InChI is InChI=1S/C14H26N2O/c1-4-13(2,3)12(17)16-10-7-14(11-16)5-8-15-9-6-14/h15H,4-11H2,1-3H3. The largest absolute Gasteiger partial charge is 0.342 e. The lowest BCUT2D eigenvalue weighted by Gasteiger charge is -2.35. The molecule has 1 N–H and O–H groups in total. The lowest BCUT2D eigenvalue weighted by molar-refractivity contribution is -0.139. The van der Waals surface area contributed by atoms with Crippen LogP contribution in [0.2, 0.25) is 0 Å². The van der Waals surface area contributed by atoms with E-state index in [0.29, 0.717) is 11.3 Å². The third-order valence-corrected chi connectivity index (χ3v) is 4.85. The molecule has 0 unspecified atom stereocenters. The number of nitrogens with one attached hydrogen (secondary N) is 1. The van der Waals surface area contributed by atoms with Crippen LogP contribution in [-0.4, -0.2) is 37.0 Å². The maximum Gasteiger partial charge on any atom is 0.228 e. The van der Waals surface area contributed by atoms with E-state index in [4.69, 9.17) is 0 Å². The number of likely N-dealkylation sites (tertiary alicyclic amines) is 1. The van der Waals surface area contributed by atoms with E-state index < -0.39 is 0 Å². The van der Waals surface area contributed by atoms with E-state index >= 15 is 0 Å². The summed E-state index contributed by atoms with van der Waals surface area (Å²) in [6.45, 7) is 10.5. The number of piperidine rings is 1. The van der Waals surface area contributed by atoms with Gasteiger partial charge in [0.15, 0.2) is 0 Å². The van der Waals surface area contributed by atoms with Gasteiger partial charge in [0, 0.05) is 18.5 Å². The van der Waals surface area contributed by atoms with Crippen LogP contribution in [0.5, 0.6) is 0 Å². The Bertz CT molecular complexity index is 293. The zero-order valence-electron chi connectivity index (χ0n) is 11.5. The number of rotatable bonds is 2. The maximum atomic E-state index is 12.4.